The SMILES string of the molecule is c1ccc2sc(SC3CNNN3)nc2c1. The molecule has 1 aliphatic rings. The fourth-order valence-corrected chi connectivity index (χ4v) is 3.61. The molecule has 0 spiro atoms. The predicted molar refractivity (Wildman–Crippen MR) is 63.5 cm³/mol. The molecule has 0 aliphatic carbocycles. The third-order valence-electron chi connectivity index (χ3n) is 2.13. The highest BCUT2D eigenvalue weighted by Crippen LogP contribution is 2.31. The molecule has 4 nitrogen and oxygen atoms in total. The van der Waals surface area contributed by atoms with Gasteiger partial charge in [-0.2, -0.15) is 5.53 Å². The highest BCUT2D eigenvalue weighted by molar-refractivity contribution is 8.01. The van der Waals surface area contributed by atoms with Gasteiger partial charge in [-0.05, 0) is 12.1 Å². The lowest BCUT2D eigenvalue weighted by atomic mass is 10.3. The van der Waals surface area contributed by atoms with E-state index in [1.807, 2.05) is 12.1 Å². The zero-order valence-electron chi connectivity index (χ0n) is 7.86. The number of hydrogen-bond donors (Lipinski definition) is 3. The van der Waals surface area contributed by atoms with Crippen molar-refractivity contribution in [1.82, 2.24) is 21.4 Å². The van der Waals surface area contributed by atoms with Gasteiger partial charge in [-0.3, -0.25) is 0 Å². The Bertz CT molecular complexity index is 431. The van der Waals surface area contributed by atoms with E-state index < -0.39 is 0 Å². The quantitative estimate of drug-likeness (QED) is 0.737. The number of para-hydroxylation sites is 1. The number of nitrogens with one attached hydrogen (secondary N) is 3. The number of rotatable bonds is 2. The van der Waals surface area contributed by atoms with Gasteiger partial charge in [0.1, 0.15) is 0 Å². The number of fused-ring (bicyclic) bond motifs is 1. The maximum Gasteiger partial charge on any atom is 0.152 e. The zero-order valence-corrected chi connectivity index (χ0v) is 9.49. The number of nitrogens with zero attached hydrogens (tertiary/aromatic N) is 1. The number of thiazole rings is 1. The lowest BCUT2D eigenvalue weighted by Gasteiger charge is -2.03. The highest BCUT2D eigenvalue weighted by Gasteiger charge is 2.16. The Morgan fingerprint density at radius 2 is 2.33 bits per heavy atom. The van der Waals surface area contributed by atoms with Crippen molar-refractivity contribution in [2.24, 2.45) is 0 Å². The first-order chi connectivity index (χ1) is 7.42. The van der Waals surface area contributed by atoms with Crippen molar-refractivity contribution in [3.8, 4) is 0 Å². The van der Waals surface area contributed by atoms with E-state index in [0.29, 0.717) is 5.37 Å². The van der Waals surface area contributed by atoms with Gasteiger partial charge in [-0.1, -0.05) is 23.9 Å². The number of hydrazine groups is 2. The molecular formula is C9H10N4S2. The zero-order chi connectivity index (χ0) is 10.1. The highest BCUT2D eigenvalue weighted by atomic mass is 32.2. The van der Waals surface area contributed by atoms with Crippen LogP contribution < -0.4 is 16.4 Å². The second-order valence-electron chi connectivity index (χ2n) is 3.20. The average Bonchev–Trinajstić information content (AvgIpc) is 2.86. The third kappa shape index (κ3) is 1.99. The van der Waals surface area contributed by atoms with Crippen molar-refractivity contribution in [1.29, 1.82) is 0 Å². The van der Waals surface area contributed by atoms with E-state index in [1.165, 1.54) is 4.70 Å². The van der Waals surface area contributed by atoms with Crippen LogP contribution >= 0.6 is 23.1 Å². The van der Waals surface area contributed by atoms with Gasteiger partial charge in [-0.25, -0.2) is 15.8 Å². The van der Waals surface area contributed by atoms with Crippen molar-refractivity contribution in [2.75, 3.05) is 6.54 Å². The van der Waals surface area contributed by atoms with Gasteiger partial charge in [0.2, 0.25) is 0 Å². The van der Waals surface area contributed by atoms with E-state index in [-0.39, 0.29) is 0 Å². The summed E-state index contributed by atoms with van der Waals surface area (Å²) < 4.78 is 2.36. The molecule has 78 valence electrons. The van der Waals surface area contributed by atoms with Gasteiger partial charge in [0.25, 0.3) is 0 Å². The fraction of sp³-hybridized carbons (Fsp3) is 0.222. The number of hydrogen-bond acceptors (Lipinski definition) is 6. The van der Waals surface area contributed by atoms with Gasteiger partial charge in [0.05, 0.1) is 15.6 Å². The average molecular weight is 238 g/mol. The molecule has 0 bridgehead atoms. The first-order valence-electron chi connectivity index (χ1n) is 4.67. The standard InChI is InChI=1S/C9H10N4S2/c1-2-4-7-6(3-1)11-9(14-7)15-8-5-10-13-12-8/h1-4,8,10,12-13H,5H2. The van der Waals surface area contributed by atoms with Crippen molar-refractivity contribution < 1.29 is 0 Å². The monoisotopic (exact) mass is 238 g/mol. The van der Waals surface area contributed by atoms with E-state index in [0.717, 1.165) is 16.4 Å². The Morgan fingerprint density at radius 3 is 3.13 bits per heavy atom. The maximum absolute atomic E-state index is 4.56. The lowest BCUT2D eigenvalue weighted by molar-refractivity contribution is 0.587. The van der Waals surface area contributed by atoms with Crippen LogP contribution in [0.4, 0.5) is 0 Å². The summed E-state index contributed by atoms with van der Waals surface area (Å²) in [4.78, 5) is 4.56. The van der Waals surface area contributed by atoms with E-state index in [9.17, 15) is 0 Å². The Hall–Kier alpha value is -0.660. The first kappa shape index (κ1) is 9.56. The molecule has 1 atom stereocenters. The van der Waals surface area contributed by atoms with Crippen LogP contribution in [-0.4, -0.2) is 16.9 Å². The minimum absolute atomic E-state index is 0.352. The van der Waals surface area contributed by atoms with E-state index in [2.05, 4.69) is 33.5 Å². The van der Waals surface area contributed by atoms with E-state index in [4.69, 9.17) is 0 Å². The molecule has 1 aromatic heterocycles. The Kier molecular flexibility index (Phi) is 2.59. The van der Waals surface area contributed by atoms with Gasteiger partial charge in [0.15, 0.2) is 4.34 Å². The summed E-state index contributed by atoms with van der Waals surface area (Å²) in [6.07, 6.45) is 0. The maximum atomic E-state index is 4.56. The summed E-state index contributed by atoms with van der Waals surface area (Å²) in [5.74, 6) is 0. The smallest absolute Gasteiger partial charge is 0.152 e. The van der Waals surface area contributed by atoms with Gasteiger partial charge >= 0.3 is 0 Å². The summed E-state index contributed by atoms with van der Waals surface area (Å²) in [6.45, 7) is 0.903. The molecule has 3 rings (SSSR count). The fourth-order valence-electron chi connectivity index (χ4n) is 1.42. The van der Waals surface area contributed by atoms with E-state index in [1.54, 1.807) is 23.1 Å². The first-order valence-corrected chi connectivity index (χ1v) is 6.37. The summed E-state index contributed by atoms with van der Waals surface area (Å²) in [5, 5.41) is 0.352. The topological polar surface area (TPSA) is 49.0 Å². The van der Waals surface area contributed by atoms with Crippen LogP contribution in [0.2, 0.25) is 0 Å². The van der Waals surface area contributed by atoms with Gasteiger partial charge in [-0.15, -0.1) is 11.3 Å². The Balaban J connectivity index is 1.84. The second kappa shape index (κ2) is 4.07. The molecule has 1 unspecified atom stereocenters. The van der Waals surface area contributed by atoms with Crippen LogP contribution in [-0.2, 0) is 0 Å². The summed E-state index contributed by atoms with van der Waals surface area (Å²) in [5.41, 5.74) is 10.1. The van der Waals surface area contributed by atoms with Crippen LogP contribution in [0.5, 0.6) is 0 Å². The summed E-state index contributed by atoms with van der Waals surface area (Å²) >= 11 is 3.49. The Labute approximate surface area is 95.4 Å². The molecule has 0 saturated carbocycles. The molecule has 0 amide bonds. The van der Waals surface area contributed by atoms with Crippen LogP contribution in [0.25, 0.3) is 10.2 Å². The number of benzene rings is 1. The van der Waals surface area contributed by atoms with E-state index >= 15 is 0 Å². The van der Waals surface area contributed by atoms with Crippen molar-refractivity contribution in [2.45, 2.75) is 9.71 Å². The molecule has 1 fully saturated rings. The Morgan fingerprint density at radius 1 is 1.40 bits per heavy atom. The summed E-state index contributed by atoms with van der Waals surface area (Å²) in [6, 6.07) is 8.23. The van der Waals surface area contributed by atoms with Crippen molar-refractivity contribution in [3.05, 3.63) is 24.3 Å². The lowest BCUT2D eigenvalue weighted by Crippen LogP contribution is -2.32. The van der Waals surface area contributed by atoms with Crippen molar-refractivity contribution >= 4 is 33.3 Å². The number of thioether (sulfide) groups is 1. The molecule has 2 aromatic rings. The predicted octanol–water partition coefficient (Wildman–Crippen LogP) is 1.33. The van der Waals surface area contributed by atoms with Gasteiger partial charge in [0, 0.05) is 6.54 Å². The summed E-state index contributed by atoms with van der Waals surface area (Å²) in [7, 11) is 0. The van der Waals surface area contributed by atoms with Crippen LogP contribution in [0, 0.1) is 0 Å². The molecule has 0 radical (unpaired) electrons. The molecule has 2 heterocycles. The third-order valence-corrected chi connectivity index (χ3v) is 4.36. The molecule has 3 N–H and O–H groups in total. The molecule has 6 heteroatoms. The minimum Gasteiger partial charge on any atom is -0.242 e. The minimum atomic E-state index is 0.352. The normalized spacial score (nSPS) is 21.2. The largest absolute Gasteiger partial charge is 0.242 e. The van der Waals surface area contributed by atoms with Crippen molar-refractivity contribution in [3.63, 3.8) is 0 Å². The molecule has 15 heavy (non-hydrogen) atoms. The number of aromatic nitrogens is 1. The molecule has 1 aromatic carbocycles. The molecule has 1 saturated heterocycles. The molecular weight excluding hydrogens is 228 g/mol. The van der Waals surface area contributed by atoms with Gasteiger partial charge < -0.3 is 0 Å². The van der Waals surface area contributed by atoms with Crippen LogP contribution in [0.15, 0.2) is 28.6 Å². The van der Waals surface area contributed by atoms with Crippen LogP contribution in [0.1, 0.15) is 0 Å². The van der Waals surface area contributed by atoms with Crippen LogP contribution in [0.3, 0.4) is 0 Å². The molecule has 1 aliphatic heterocycles. The second-order valence-corrected chi connectivity index (χ2v) is 5.68.